The second-order valence-electron chi connectivity index (χ2n) is 4.59. The predicted molar refractivity (Wildman–Crippen MR) is 75.3 cm³/mol. The molecule has 2 rings (SSSR count). The van der Waals surface area contributed by atoms with Crippen LogP contribution in [0.3, 0.4) is 0 Å². The van der Waals surface area contributed by atoms with Crippen molar-refractivity contribution in [3.05, 3.63) is 52.6 Å². The van der Waals surface area contributed by atoms with Crippen molar-refractivity contribution in [2.75, 3.05) is 5.32 Å². The maximum atomic E-state index is 12.6. The number of nitrogens with one attached hydrogen (secondary N) is 1. The van der Waals surface area contributed by atoms with Crippen molar-refractivity contribution < 1.29 is 13.2 Å². The van der Waals surface area contributed by atoms with Gasteiger partial charge < -0.3 is 5.32 Å². The molecule has 7 heteroatoms. The highest BCUT2D eigenvalue weighted by atomic mass is 35.5. The van der Waals surface area contributed by atoms with Gasteiger partial charge in [0, 0.05) is 12.4 Å². The van der Waals surface area contributed by atoms with Gasteiger partial charge in [-0.3, -0.25) is 9.97 Å². The fourth-order valence-electron chi connectivity index (χ4n) is 1.95. The highest BCUT2D eigenvalue weighted by Gasteiger charge is 2.31. The van der Waals surface area contributed by atoms with Crippen LogP contribution in [-0.2, 0) is 6.18 Å². The lowest BCUT2D eigenvalue weighted by molar-refractivity contribution is -0.137. The summed E-state index contributed by atoms with van der Waals surface area (Å²) < 4.78 is 37.7. The Kier molecular flexibility index (Phi) is 4.37. The van der Waals surface area contributed by atoms with Crippen LogP contribution < -0.4 is 5.32 Å². The molecule has 1 atom stereocenters. The van der Waals surface area contributed by atoms with Gasteiger partial charge >= 0.3 is 6.18 Å². The second kappa shape index (κ2) is 5.89. The molecule has 0 saturated heterocycles. The van der Waals surface area contributed by atoms with E-state index in [0.717, 1.165) is 17.8 Å². The molecule has 0 bridgehead atoms. The highest BCUT2D eigenvalue weighted by Crippen LogP contribution is 2.34. The molecule has 21 heavy (non-hydrogen) atoms. The number of hydrogen-bond donors (Lipinski definition) is 1. The van der Waals surface area contributed by atoms with E-state index in [-0.39, 0.29) is 11.1 Å². The first-order valence-electron chi connectivity index (χ1n) is 6.20. The van der Waals surface area contributed by atoms with E-state index in [2.05, 4.69) is 15.3 Å². The van der Waals surface area contributed by atoms with E-state index in [1.165, 1.54) is 6.07 Å². The van der Waals surface area contributed by atoms with E-state index in [0.29, 0.717) is 11.4 Å². The molecular formula is C14H13ClF3N3. The van der Waals surface area contributed by atoms with Crippen molar-refractivity contribution in [1.29, 1.82) is 0 Å². The molecule has 1 heterocycles. The van der Waals surface area contributed by atoms with Gasteiger partial charge in [0.05, 0.1) is 33.7 Å². The van der Waals surface area contributed by atoms with Crippen LogP contribution in [0, 0.1) is 6.92 Å². The van der Waals surface area contributed by atoms with Gasteiger partial charge in [-0.2, -0.15) is 13.2 Å². The number of aromatic nitrogens is 2. The largest absolute Gasteiger partial charge is 0.416 e. The van der Waals surface area contributed by atoms with Gasteiger partial charge in [0.25, 0.3) is 0 Å². The summed E-state index contributed by atoms with van der Waals surface area (Å²) in [4.78, 5) is 8.34. The molecular weight excluding hydrogens is 303 g/mol. The quantitative estimate of drug-likeness (QED) is 0.897. The van der Waals surface area contributed by atoms with E-state index >= 15 is 0 Å². The van der Waals surface area contributed by atoms with Crippen LogP contribution in [0.2, 0.25) is 5.02 Å². The fourth-order valence-corrected chi connectivity index (χ4v) is 2.19. The zero-order valence-electron chi connectivity index (χ0n) is 11.4. The van der Waals surface area contributed by atoms with Crippen LogP contribution in [0.25, 0.3) is 0 Å². The van der Waals surface area contributed by atoms with Crippen LogP contribution in [0.15, 0.2) is 30.6 Å². The Hall–Kier alpha value is -1.82. The molecule has 1 N–H and O–H groups in total. The van der Waals surface area contributed by atoms with E-state index in [4.69, 9.17) is 11.6 Å². The maximum Gasteiger partial charge on any atom is 0.416 e. The molecule has 2 aromatic rings. The summed E-state index contributed by atoms with van der Waals surface area (Å²) in [5.41, 5.74) is 1.11. The molecule has 0 amide bonds. The summed E-state index contributed by atoms with van der Waals surface area (Å²) in [5, 5.41) is 3.06. The Bertz CT molecular complexity index is 644. The van der Waals surface area contributed by atoms with Crippen LogP contribution in [0.1, 0.15) is 29.9 Å². The molecule has 0 aliphatic carbocycles. The number of alkyl halides is 3. The number of benzene rings is 1. The second-order valence-corrected chi connectivity index (χ2v) is 4.99. The third-order valence-corrected chi connectivity index (χ3v) is 3.31. The summed E-state index contributed by atoms with van der Waals surface area (Å²) in [6.07, 6.45) is -1.26. The molecule has 0 aliphatic rings. The van der Waals surface area contributed by atoms with Crippen molar-refractivity contribution >= 4 is 17.3 Å². The fraction of sp³-hybridized carbons (Fsp3) is 0.286. The minimum Gasteiger partial charge on any atom is -0.376 e. The number of hydrogen-bond acceptors (Lipinski definition) is 3. The number of aryl methyl sites for hydroxylation is 1. The molecule has 0 radical (unpaired) electrons. The van der Waals surface area contributed by atoms with Crippen molar-refractivity contribution in [1.82, 2.24) is 9.97 Å². The first kappa shape index (κ1) is 15.6. The Morgan fingerprint density at radius 3 is 2.43 bits per heavy atom. The topological polar surface area (TPSA) is 37.8 Å². The third-order valence-electron chi connectivity index (χ3n) is 3.00. The molecule has 1 unspecified atom stereocenters. The van der Waals surface area contributed by atoms with Gasteiger partial charge in [-0.05, 0) is 32.0 Å². The van der Waals surface area contributed by atoms with Gasteiger partial charge in [0.15, 0.2) is 0 Å². The van der Waals surface area contributed by atoms with E-state index in [1.54, 1.807) is 12.4 Å². The Balaban J connectivity index is 2.23. The molecule has 0 aliphatic heterocycles. The first-order valence-corrected chi connectivity index (χ1v) is 6.57. The van der Waals surface area contributed by atoms with Gasteiger partial charge in [-0.1, -0.05) is 11.6 Å². The van der Waals surface area contributed by atoms with E-state index in [1.807, 2.05) is 13.8 Å². The number of rotatable bonds is 3. The molecule has 1 aromatic heterocycles. The average Bonchev–Trinajstić information content (AvgIpc) is 2.40. The van der Waals surface area contributed by atoms with Crippen LogP contribution in [0.5, 0.6) is 0 Å². The molecule has 0 saturated carbocycles. The van der Waals surface area contributed by atoms with Crippen molar-refractivity contribution in [2.45, 2.75) is 26.1 Å². The van der Waals surface area contributed by atoms with Crippen LogP contribution in [0.4, 0.5) is 18.9 Å². The number of anilines is 1. The Morgan fingerprint density at radius 1 is 1.19 bits per heavy atom. The summed E-state index contributed by atoms with van der Waals surface area (Å²) in [6, 6.07) is 2.98. The monoisotopic (exact) mass is 315 g/mol. The first-order chi connectivity index (χ1) is 9.79. The Labute approximate surface area is 125 Å². The smallest absolute Gasteiger partial charge is 0.376 e. The minimum atomic E-state index is -4.41. The lowest BCUT2D eigenvalue weighted by Crippen LogP contribution is -2.12. The molecule has 112 valence electrons. The lowest BCUT2D eigenvalue weighted by atomic mass is 10.1. The van der Waals surface area contributed by atoms with Gasteiger partial charge in [-0.25, -0.2) is 0 Å². The molecule has 1 aromatic carbocycles. The van der Waals surface area contributed by atoms with Crippen molar-refractivity contribution in [2.24, 2.45) is 0 Å². The van der Waals surface area contributed by atoms with Gasteiger partial charge in [0.1, 0.15) is 0 Å². The zero-order chi connectivity index (χ0) is 15.6. The zero-order valence-corrected chi connectivity index (χ0v) is 12.1. The maximum absolute atomic E-state index is 12.6. The molecule has 0 fully saturated rings. The van der Waals surface area contributed by atoms with Gasteiger partial charge in [0.2, 0.25) is 0 Å². The van der Waals surface area contributed by atoms with Crippen molar-refractivity contribution in [3.63, 3.8) is 0 Å². The molecule has 3 nitrogen and oxygen atoms in total. The summed E-state index contributed by atoms with van der Waals surface area (Å²) in [5.74, 6) is 0. The normalized spacial score (nSPS) is 13.0. The SMILES string of the molecule is Cc1nccnc1C(C)Nc1ccc(C(F)(F)F)cc1Cl. The lowest BCUT2D eigenvalue weighted by Gasteiger charge is -2.18. The van der Waals surface area contributed by atoms with Crippen LogP contribution >= 0.6 is 11.6 Å². The minimum absolute atomic E-state index is 0.0122. The number of halogens is 4. The number of nitrogens with zero attached hydrogens (tertiary/aromatic N) is 2. The van der Waals surface area contributed by atoms with Crippen molar-refractivity contribution in [3.8, 4) is 0 Å². The third kappa shape index (κ3) is 3.64. The average molecular weight is 316 g/mol. The van der Waals surface area contributed by atoms with E-state index < -0.39 is 11.7 Å². The van der Waals surface area contributed by atoms with E-state index in [9.17, 15) is 13.2 Å². The highest BCUT2D eigenvalue weighted by molar-refractivity contribution is 6.33. The Morgan fingerprint density at radius 2 is 1.86 bits per heavy atom. The summed E-state index contributed by atoms with van der Waals surface area (Å²) in [7, 11) is 0. The van der Waals surface area contributed by atoms with Crippen LogP contribution in [-0.4, -0.2) is 9.97 Å². The predicted octanol–water partition coefficient (Wildman–Crippen LogP) is 4.63. The van der Waals surface area contributed by atoms with Gasteiger partial charge in [-0.15, -0.1) is 0 Å². The summed E-state index contributed by atoms with van der Waals surface area (Å²) in [6.45, 7) is 3.65. The summed E-state index contributed by atoms with van der Waals surface area (Å²) >= 11 is 5.91. The standard InChI is InChI=1S/C14H13ClF3N3/c1-8-13(20-6-5-19-8)9(2)21-12-4-3-10(7-11(12)15)14(16,17)18/h3-7,9,21H,1-2H3. The molecule has 0 spiro atoms.